The summed E-state index contributed by atoms with van der Waals surface area (Å²) >= 11 is 0. The standard InChI is InChI=1S/C14H21B/c1-14(2,3)12-8-4-7-11-10(12)6-5-9-13(11)15/h5-6,9,12H,4,7-8,15H2,1-3H3. The highest BCUT2D eigenvalue weighted by Gasteiger charge is 2.30. The Hall–Kier alpha value is -0.715. The molecular formula is C14H21B. The summed E-state index contributed by atoms with van der Waals surface area (Å²) in [6.45, 7) is 7.11. The third-order valence-corrected chi connectivity index (χ3v) is 3.79. The van der Waals surface area contributed by atoms with Crippen LogP contribution in [-0.4, -0.2) is 7.85 Å². The van der Waals surface area contributed by atoms with Crippen LogP contribution in [0.5, 0.6) is 0 Å². The molecule has 1 aromatic carbocycles. The van der Waals surface area contributed by atoms with Crippen LogP contribution in [0.1, 0.15) is 50.7 Å². The predicted molar refractivity (Wildman–Crippen MR) is 69.8 cm³/mol. The summed E-state index contributed by atoms with van der Waals surface area (Å²) in [5, 5.41) is 0. The molecule has 2 rings (SSSR count). The Bertz CT molecular complexity index is 360. The Morgan fingerprint density at radius 1 is 1.27 bits per heavy atom. The van der Waals surface area contributed by atoms with Gasteiger partial charge in [-0.15, -0.1) is 0 Å². The van der Waals surface area contributed by atoms with Crippen LogP contribution in [-0.2, 0) is 6.42 Å². The number of benzene rings is 1. The molecule has 1 unspecified atom stereocenters. The summed E-state index contributed by atoms with van der Waals surface area (Å²) in [6, 6.07) is 6.82. The molecule has 0 nitrogen and oxygen atoms in total. The molecule has 0 amide bonds. The van der Waals surface area contributed by atoms with E-state index in [2.05, 4.69) is 46.8 Å². The van der Waals surface area contributed by atoms with Crippen molar-refractivity contribution in [2.45, 2.75) is 46.0 Å². The van der Waals surface area contributed by atoms with E-state index in [1.807, 2.05) is 0 Å². The highest BCUT2D eigenvalue weighted by Crippen LogP contribution is 2.42. The smallest absolute Gasteiger partial charge is 0.0855 e. The Morgan fingerprint density at radius 3 is 2.67 bits per heavy atom. The SMILES string of the molecule is Bc1cccc2c1CCCC2C(C)(C)C. The molecule has 1 aliphatic carbocycles. The fourth-order valence-corrected chi connectivity index (χ4v) is 2.93. The molecule has 0 N–H and O–H groups in total. The molecule has 1 aromatic rings. The molecule has 80 valence electrons. The van der Waals surface area contributed by atoms with Gasteiger partial charge < -0.3 is 0 Å². The predicted octanol–water partition coefficient (Wildman–Crippen LogP) is 2.41. The number of hydrogen-bond donors (Lipinski definition) is 0. The van der Waals surface area contributed by atoms with Crippen molar-refractivity contribution in [2.24, 2.45) is 5.41 Å². The van der Waals surface area contributed by atoms with Crippen LogP contribution in [0.15, 0.2) is 18.2 Å². The van der Waals surface area contributed by atoms with Gasteiger partial charge in [-0.1, -0.05) is 50.0 Å². The zero-order chi connectivity index (χ0) is 11.1. The first-order valence-corrected chi connectivity index (χ1v) is 6.08. The van der Waals surface area contributed by atoms with Crippen LogP contribution in [0.2, 0.25) is 0 Å². The second-order valence-corrected chi connectivity index (χ2v) is 5.95. The van der Waals surface area contributed by atoms with Gasteiger partial charge in [-0.25, -0.2) is 0 Å². The Morgan fingerprint density at radius 2 is 2.00 bits per heavy atom. The third kappa shape index (κ3) is 1.97. The van der Waals surface area contributed by atoms with Gasteiger partial charge in [0.25, 0.3) is 0 Å². The molecule has 0 aliphatic heterocycles. The second kappa shape index (κ2) is 3.70. The van der Waals surface area contributed by atoms with Gasteiger partial charge in [0.2, 0.25) is 0 Å². The fourth-order valence-electron chi connectivity index (χ4n) is 2.93. The van der Waals surface area contributed by atoms with Crippen LogP contribution in [0.4, 0.5) is 0 Å². The molecule has 1 heteroatoms. The first-order valence-electron chi connectivity index (χ1n) is 6.08. The van der Waals surface area contributed by atoms with Gasteiger partial charge in [-0.3, -0.25) is 0 Å². The molecular weight excluding hydrogens is 179 g/mol. The Balaban J connectivity index is 2.48. The van der Waals surface area contributed by atoms with Crippen molar-refractivity contribution >= 4 is 13.3 Å². The highest BCUT2D eigenvalue weighted by molar-refractivity contribution is 6.33. The quantitative estimate of drug-likeness (QED) is 0.564. The lowest BCUT2D eigenvalue weighted by Crippen LogP contribution is -2.26. The van der Waals surface area contributed by atoms with E-state index in [0.29, 0.717) is 5.41 Å². The van der Waals surface area contributed by atoms with Crippen LogP contribution in [0.3, 0.4) is 0 Å². The van der Waals surface area contributed by atoms with Crippen molar-refractivity contribution in [3.63, 3.8) is 0 Å². The van der Waals surface area contributed by atoms with E-state index in [-0.39, 0.29) is 0 Å². The van der Waals surface area contributed by atoms with Gasteiger partial charge in [0.15, 0.2) is 0 Å². The lowest BCUT2D eigenvalue weighted by Gasteiger charge is -2.36. The molecule has 0 radical (unpaired) electrons. The number of fused-ring (bicyclic) bond motifs is 1. The van der Waals surface area contributed by atoms with E-state index >= 15 is 0 Å². The van der Waals surface area contributed by atoms with E-state index in [0.717, 1.165) is 5.92 Å². The van der Waals surface area contributed by atoms with Gasteiger partial charge in [-0.05, 0) is 36.2 Å². The zero-order valence-corrected chi connectivity index (χ0v) is 10.4. The van der Waals surface area contributed by atoms with E-state index in [9.17, 15) is 0 Å². The Kier molecular flexibility index (Phi) is 2.66. The number of rotatable bonds is 0. The maximum absolute atomic E-state index is 2.37. The summed E-state index contributed by atoms with van der Waals surface area (Å²) in [5.74, 6) is 0.751. The molecule has 0 fully saturated rings. The van der Waals surface area contributed by atoms with Crippen molar-refractivity contribution in [2.75, 3.05) is 0 Å². The zero-order valence-electron chi connectivity index (χ0n) is 10.4. The third-order valence-electron chi connectivity index (χ3n) is 3.79. The van der Waals surface area contributed by atoms with Crippen LogP contribution < -0.4 is 5.46 Å². The van der Waals surface area contributed by atoms with Crippen molar-refractivity contribution in [1.82, 2.24) is 0 Å². The van der Waals surface area contributed by atoms with E-state index in [1.54, 1.807) is 11.1 Å². The molecule has 15 heavy (non-hydrogen) atoms. The van der Waals surface area contributed by atoms with Gasteiger partial charge in [0, 0.05) is 0 Å². The molecule has 1 aliphatic rings. The Labute approximate surface area is 94.5 Å². The summed E-state index contributed by atoms with van der Waals surface area (Å²) in [5.41, 5.74) is 5.14. The fraction of sp³-hybridized carbons (Fsp3) is 0.571. The van der Waals surface area contributed by atoms with Gasteiger partial charge in [0.1, 0.15) is 7.85 Å². The molecule has 1 atom stereocenters. The lowest BCUT2D eigenvalue weighted by atomic mass is 9.67. The van der Waals surface area contributed by atoms with E-state index in [1.165, 1.54) is 24.7 Å². The molecule has 0 aromatic heterocycles. The minimum absolute atomic E-state index is 0.406. The topological polar surface area (TPSA) is 0 Å². The van der Waals surface area contributed by atoms with Crippen LogP contribution in [0.25, 0.3) is 0 Å². The monoisotopic (exact) mass is 200 g/mol. The van der Waals surface area contributed by atoms with Crippen molar-refractivity contribution in [1.29, 1.82) is 0 Å². The van der Waals surface area contributed by atoms with Gasteiger partial charge in [-0.2, -0.15) is 0 Å². The highest BCUT2D eigenvalue weighted by atomic mass is 14.3. The molecule has 0 saturated heterocycles. The second-order valence-electron chi connectivity index (χ2n) is 5.95. The molecule has 0 saturated carbocycles. The average Bonchev–Trinajstić information content (AvgIpc) is 2.16. The molecule has 0 bridgehead atoms. The van der Waals surface area contributed by atoms with E-state index in [4.69, 9.17) is 0 Å². The van der Waals surface area contributed by atoms with Gasteiger partial charge in [0.05, 0.1) is 0 Å². The average molecular weight is 200 g/mol. The van der Waals surface area contributed by atoms with E-state index < -0.39 is 0 Å². The maximum Gasteiger partial charge on any atom is 0.139 e. The van der Waals surface area contributed by atoms with Crippen LogP contribution in [0, 0.1) is 5.41 Å². The number of hydrogen-bond acceptors (Lipinski definition) is 0. The first-order chi connectivity index (χ1) is 7.00. The van der Waals surface area contributed by atoms with Crippen molar-refractivity contribution in [3.05, 3.63) is 29.3 Å². The summed E-state index contributed by atoms with van der Waals surface area (Å²) in [7, 11) is 2.25. The molecule has 0 heterocycles. The normalized spacial score (nSPS) is 21.1. The van der Waals surface area contributed by atoms with Gasteiger partial charge >= 0.3 is 0 Å². The lowest BCUT2D eigenvalue weighted by molar-refractivity contribution is 0.290. The summed E-state index contributed by atoms with van der Waals surface area (Å²) in [6.07, 6.45) is 4.01. The van der Waals surface area contributed by atoms with Crippen molar-refractivity contribution < 1.29 is 0 Å². The first kappa shape index (κ1) is 10.8. The van der Waals surface area contributed by atoms with Crippen LogP contribution >= 0.6 is 0 Å². The van der Waals surface area contributed by atoms with Crippen molar-refractivity contribution in [3.8, 4) is 0 Å². The minimum atomic E-state index is 0.406. The molecule has 0 spiro atoms. The maximum atomic E-state index is 2.37. The minimum Gasteiger partial charge on any atom is -0.0855 e. The largest absolute Gasteiger partial charge is 0.139 e. The summed E-state index contributed by atoms with van der Waals surface area (Å²) < 4.78 is 0. The summed E-state index contributed by atoms with van der Waals surface area (Å²) in [4.78, 5) is 0.